The van der Waals surface area contributed by atoms with Crippen LogP contribution in [-0.4, -0.2) is 16.2 Å². The fourth-order valence-electron chi connectivity index (χ4n) is 1.38. The molecule has 0 unspecified atom stereocenters. The fourth-order valence-corrected chi connectivity index (χ4v) is 1.70. The van der Waals surface area contributed by atoms with Gasteiger partial charge in [-0.2, -0.15) is 5.10 Å². The van der Waals surface area contributed by atoms with Crippen LogP contribution in [0.15, 0.2) is 22.8 Å². The molecule has 0 N–H and O–H groups in total. The highest BCUT2D eigenvalue weighted by Gasteiger charge is 2.13. The van der Waals surface area contributed by atoms with Crippen LogP contribution in [0.2, 0.25) is 0 Å². The molecule has 0 aliphatic heterocycles. The summed E-state index contributed by atoms with van der Waals surface area (Å²) in [6.07, 6.45) is -1.18. The van der Waals surface area contributed by atoms with Crippen molar-refractivity contribution in [2.24, 2.45) is 0 Å². The van der Waals surface area contributed by atoms with Gasteiger partial charge in [-0.05, 0) is 28.1 Å². The highest BCUT2D eigenvalue weighted by Crippen LogP contribution is 2.25. The monoisotopic (exact) mass is 278 g/mol. The summed E-state index contributed by atoms with van der Waals surface area (Å²) in [6, 6.07) is 3.14. The summed E-state index contributed by atoms with van der Waals surface area (Å²) in [6.45, 7) is -0.600. The van der Waals surface area contributed by atoms with Crippen molar-refractivity contribution < 1.29 is 13.2 Å². The van der Waals surface area contributed by atoms with E-state index in [4.69, 9.17) is 0 Å². The van der Waals surface area contributed by atoms with Crippen LogP contribution in [-0.2, 0) is 6.54 Å². The minimum atomic E-state index is -2.55. The van der Waals surface area contributed by atoms with Crippen LogP contribution in [0.3, 0.4) is 0 Å². The van der Waals surface area contributed by atoms with Crippen LogP contribution in [0.25, 0.3) is 10.9 Å². The van der Waals surface area contributed by atoms with Crippen molar-refractivity contribution in [2.45, 2.75) is 13.0 Å². The maximum Gasteiger partial charge on any atom is 0.257 e. The van der Waals surface area contributed by atoms with Crippen LogP contribution in [0.1, 0.15) is 0 Å². The van der Waals surface area contributed by atoms with Crippen molar-refractivity contribution >= 4 is 26.8 Å². The van der Waals surface area contributed by atoms with E-state index in [-0.39, 0.29) is 9.99 Å². The van der Waals surface area contributed by atoms with E-state index in [1.807, 2.05) is 0 Å². The van der Waals surface area contributed by atoms with Gasteiger partial charge < -0.3 is 0 Å². The maximum atomic E-state index is 13.6. The number of nitrogens with zero attached hydrogens (tertiary/aromatic N) is 2. The Labute approximate surface area is 91.8 Å². The van der Waals surface area contributed by atoms with E-state index < -0.39 is 18.8 Å². The summed E-state index contributed by atoms with van der Waals surface area (Å²) in [4.78, 5) is 0. The van der Waals surface area contributed by atoms with E-state index >= 15 is 0 Å². The smallest absolute Gasteiger partial charge is 0.256 e. The van der Waals surface area contributed by atoms with Gasteiger partial charge in [0.15, 0.2) is 5.82 Å². The molecule has 0 aliphatic rings. The van der Waals surface area contributed by atoms with Gasteiger partial charge in [0.05, 0.1) is 10.7 Å². The molecule has 2 rings (SSSR count). The topological polar surface area (TPSA) is 17.8 Å². The van der Waals surface area contributed by atoms with Crippen LogP contribution in [0, 0.1) is 5.82 Å². The number of alkyl halides is 2. The second-order valence-corrected chi connectivity index (χ2v) is 3.87. The van der Waals surface area contributed by atoms with Gasteiger partial charge in [0.1, 0.15) is 12.1 Å². The van der Waals surface area contributed by atoms with E-state index in [9.17, 15) is 13.2 Å². The summed E-state index contributed by atoms with van der Waals surface area (Å²) in [5, 5.41) is 4.22. The van der Waals surface area contributed by atoms with Gasteiger partial charge in [0.2, 0.25) is 0 Å². The van der Waals surface area contributed by atoms with Gasteiger partial charge >= 0.3 is 0 Å². The molecule has 15 heavy (non-hydrogen) atoms. The number of hydrogen-bond acceptors (Lipinski definition) is 1. The normalized spacial score (nSPS) is 11.5. The Morgan fingerprint density at radius 1 is 1.40 bits per heavy atom. The Bertz CT molecular complexity index is 495. The molecular weight excluding hydrogens is 273 g/mol. The fraction of sp³-hybridized carbons (Fsp3) is 0.222. The average Bonchev–Trinajstić information content (AvgIpc) is 2.55. The number of fused-ring (bicyclic) bond motifs is 1. The molecule has 6 heteroatoms. The summed E-state index contributed by atoms with van der Waals surface area (Å²) in [5.74, 6) is -0.564. The number of benzene rings is 1. The molecule has 0 amide bonds. The van der Waals surface area contributed by atoms with Gasteiger partial charge in [-0.3, -0.25) is 4.68 Å². The van der Waals surface area contributed by atoms with E-state index in [1.165, 1.54) is 12.3 Å². The number of halogens is 4. The predicted octanol–water partition coefficient (Wildman–Crippen LogP) is 3.20. The predicted molar refractivity (Wildman–Crippen MR) is 53.4 cm³/mol. The summed E-state index contributed by atoms with van der Waals surface area (Å²) < 4.78 is 39.1. The molecule has 1 aromatic heterocycles. The maximum absolute atomic E-state index is 13.6. The van der Waals surface area contributed by atoms with Gasteiger partial charge in [0, 0.05) is 5.39 Å². The number of rotatable bonds is 2. The third-order valence-electron chi connectivity index (χ3n) is 2.01. The van der Waals surface area contributed by atoms with E-state index in [1.54, 1.807) is 6.07 Å². The van der Waals surface area contributed by atoms with E-state index in [0.29, 0.717) is 5.39 Å². The minimum Gasteiger partial charge on any atom is -0.256 e. The highest BCUT2D eigenvalue weighted by molar-refractivity contribution is 9.10. The lowest BCUT2D eigenvalue weighted by Crippen LogP contribution is -2.08. The molecule has 0 bridgehead atoms. The molecule has 0 saturated heterocycles. The first kappa shape index (κ1) is 10.5. The molecule has 0 saturated carbocycles. The standard InChI is InChI=1S/C9H6BrF3N2/c10-6-2-1-5-3-14-15(4-7(11)12)9(5)8(6)13/h1-3,7H,4H2. The zero-order valence-corrected chi connectivity index (χ0v) is 9.01. The lowest BCUT2D eigenvalue weighted by molar-refractivity contribution is 0.123. The number of hydrogen-bond donors (Lipinski definition) is 0. The molecule has 2 aromatic rings. The van der Waals surface area contributed by atoms with Crippen molar-refractivity contribution in [3.8, 4) is 0 Å². The molecule has 1 aromatic carbocycles. The Morgan fingerprint density at radius 3 is 2.80 bits per heavy atom. The third-order valence-corrected chi connectivity index (χ3v) is 2.62. The van der Waals surface area contributed by atoms with Crippen molar-refractivity contribution in [3.05, 3.63) is 28.6 Å². The summed E-state index contributed by atoms with van der Waals surface area (Å²) >= 11 is 3.00. The zero-order valence-electron chi connectivity index (χ0n) is 7.42. The quantitative estimate of drug-likeness (QED) is 0.825. The highest BCUT2D eigenvalue weighted by atomic mass is 79.9. The van der Waals surface area contributed by atoms with Crippen LogP contribution >= 0.6 is 15.9 Å². The van der Waals surface area contributed by atoms with E-state index in [2.05, 4.69) is 21.0 Å². The lowest BCUT2D eigenvalue weighted by Gasteiger charge is -2.03. The molecule has 0 radical (unpaired) electrons. The van der Waals surface area contributed by atoms with Gasteiger partial charge in [-0.15, -0.1) is 0 Å². The molecule has 2 nitrogen and oxygen atoms in total. The van der Waals surface area contributed by atoms with Crippen molar-refractivity contribution in [1.82, 2.24) is 9.78 Å². The van der Waals surface area contributed by atoms with Gasteiger partial charge in [0.25, 0.3) is 6.43 Å². The molecule has 80 valence electrons. The molecule has 0 fully saturated rings. The first-order valence-electron chi connectivity index (χ1n) is 4.17. The van der Waals surface area contributed by atoms with Crippen LogP contribution < -0.4 is 0 Å². The van der Waals surface area contributed by atoms with Crippen LogP contribution in [0.4, 0.5) is 13.2 Å². The molecule has 0 aliphatic carbocycles. The summed E-state index contributed by atoms with van der Waals surface area (Å²) in [7, 11) is 0. The molecule has 0 atom stereocenters. The third kappa shape index (κ3) is 1.86. The van der Waals surface area contributed by atoms with Crippen LogP contribution in [0.5, 0.6) is 0 Å². The van der Waals surface area contributed by atoms with Crippen molar-refractivity contribution in [2.75, 3.05) is 0 Å². The second-order valence-electron chi connectivity index (χ2n) is 3.02. The first-order valence-corrected chi connectivity index (χ1v) is 4.96. The second kappa shape index (κ2) is 3.84. The minimum absolute atomic E-state index is 0.102. The molecule has 0 spiro atoms. The van der Waals surface area contributed by atoms with E-state index in [0.717, 1.165) is 4.68 Å². The summed E-state index contributed by atoms with van der Waals surface area (Å²) in [5.41, 5.74) is 0.102. The Kier molecular flexibility index (Phi) is 2.68. The van der Waals surface area contributed by atoms with Gasteiger partial charge in [-0.25, -0.2) is 13.2 Å². The SMILES string of the molecule is Fc1c(Br)ccc2cnn(CC(F)F)c12. The van der Waals surface area contributed by atoms with Crippen molar-refractivity contribution in [3.63, 3.8) is 0 Å². The Balaban J connectivity index is 2.61. The average molecular weight is 279 g/mol. The molecular formula is C9H6BrF3N2. The Morgan fingerprint density at radius 2 is 2.13 bits per heavy atom. The largest absolute Gasteiger partial charge is 0.257 e. The number of aromatic nitrogens is 2. The van der Waals surface area contributed by atoms with Gasteiger partial charge in [-0.1, -0.05) is 0 Å². The lowest BCUT2D eigenvalue weighted by atomic mass is 10.2. The zero-order chi connectivity index (χ0) is 11.0. The molecule has 1 heterocycles. The Hall–Kier alpha value is -1.04. The first-order chi connectivity index (χ1) is 7.09. The van der Waals surface area contributed by atoms with Crippen molar-refractivity contribution in [1.29, 1.82) is 0 Å².